The van der Waals surface area contributed by atoms with E-state index in [1.54, 1.807) is 29.5 Å². The first kappa shape index (κ1) is 17.7. The Bertz CT molecular complexity index is 1040. The monoisotopic (exact) mass is 400 g/mol. The van der Waals surface area contributed by atoms with Crippen molar-refractivity contribution in [2.45, 2.75) is 10.9 Å². The molecule has 5 nitrogen and oxygen atoms in total. The maximum atomic E-state index is 13.0. The molecule has 0 atom stereocenters. The van der Waals surface area contributed by atoms with Gasteiger partial charge in [0.1, 0.15) is 18.1 Å². The number of hydrogen-bond acceptors (Lipinski definition) is 7. The van der Waals surface area contributed by atoms with Gasteiger partial charge in [0, 0.05) is 11.6 Å². The van der Waals surface area contributed by atoms with Crippen LogP contribution >= 0.6 is 23.1 Å². The van der Waals surface area contributed by atoms with Crippen LogP contribution in [0, 0.1) is 5.82 Å². The summed E-state index contributed by atoms with van der Waals surface area (Å²) in [6.45, 7) is 0.0178. The fourth-order valence-corrected chi connectivity index (χ4v) is 4.23. The predicted molar refractivity (Wildman–Crippen MR) is 102 cm³/mol. The van der Waals surface area contributed by atoms with Crippen molar-refractivity contribution < 1.29 is 18.4 Å². The molecule has 4 rings (SSSR count). The van der Waals surface area contributed by atoms with Crippen molar-refractivity contribution >= 4 is 39.3 Å². The fourth-order valence-electron chi connectivity index (χ4n) is 2.36. The summed E-state index contributed by atoms with van der Waals surface area (Å²) in [6, 6.07) is 15.4. The number of para-hydroxylation sites is 1. The smallest absolute Gasteiger partial charge is 0.316 e. The highest BCUT2D eigenvalue weighted by molar-refractivity contribution is 8.01. The van der Waals surface area contributed by atoms with Gasteiger partial charge in [-0.3, -0.25) is 4.79 Å². The zero-order valence-corrected chi connectivity index (χ0v) is 15.6. The number of nitrogens with zero attached hydrogens (tertiary/aromatic N) is 2. The van der Waals surface area contributed by atoms with Gasteiger partial charge < -0.3 is 9.26 Å². The molecule has 0 amide bonds. The van der Waals surface area contributed by atoms with Gasteiger partial charge in [-0.25, -0.2) is 9.37 Å². The molecule has 8 heteroatoms. The van der Waals surface area contributed by atoms with E-state index in [9.17, 15) is 9.18 Å². The van der Waals surface area contributed by atoms with E-state index in [-0.39, 0.29) is 24.1 Å². The molecule has 0 aliphatic carbocycles. The van der Waals surface area contributed by atoms with Crippen LogP contribution < -0.4 is 0 Å². The van der Waals surface area contributed by atoms with Crippen LogP contribution in [-0.4, -0.2) is 21.9 Å². The van der Waals surface area contributed by atoms with Crippen molar-refractivity contribution in [1.82, 2.24) is 10.1 Å². The number of thiazole rings is 1. The van der Waals surface area contributed by atoms with Crippen LogP contribution in [0.5, 0.6) is 0 Å². The first-order chi connectivity index (χ1) is 13.2. The minimum Gasteiger partial charge on any atom is -0.458 e. The summed E-state index contributed by atoms with van der Waals surface area (Å²) in [6.07, 6.45) is 0. The molecule has 4 aromatic rings. The Labute approximate surface area is 162 Å². The second-order valence-electron chi connectivity index (χ2n) is 5.59. The molecule has 27 heavy (non-hydrogen) atoms. The van der Waals surface area contributed by atoms with Crippen molar-refractivity contribution in [1.29, 1.82) is 0 Å². The lowest BCUT2D eigenvalue weighted by Gasteiger charge is -2.00. The second-order valence-corrected chi connectivity index (χ2v) is 7.84. The lowest BCUT2D eigenvalue weighted by Crippen LogP contribution is -2.07. The largest absolute Gasteiger partial charge is 0.458 e. The Morgan fingerprint density at radius 2 is 2.00 bits per heavy atom. The summed E-state index contributed by atoms with van der Waals surface area (Å²) >= 11 is 2.89. The zero-order chi connectivity index (χ0) is 18.6. The molecule has 2 heterocycles. The maximum Gasteiger partial charge on any atom is 0.316 e. The van der Waals surface area contributed by atoms with E-state index >= 15 is 0 Å². The standard InChI is InChI=1S/C19H13FN2O3S2/c20-13-7-5-12(6-8-13)16-9-14(22-25-16)10-24-18(23)11-26-19-21-15-3-1-2-4-17(15)27-19/h1-9H,10-11H2. The van der Waals surface area contributed by atoms with Gasteiger partial charge in [0.05, 0.1) is 16.0 Å². The first-order valence-electron chi connectivity index (χ1n) is 8.03. The summed E-state index contributed by atoms with van der Waals surface area (Å²) in [5.41, 5.74) is 2.12. The third-order valence-corrected chi connectivity index (χ3v) is 5.81. The van der Waals surface area contributed by atoms with E-state index in [0.29, 0.717) is 17.0 Å². The maximum absolute atomic E-state index is 13.0. The SMILES string of the molecule is O=C(CSc1nc2ccccc2s1)OCc1cc(-c2ccc(F)cc2)on1. The zero-order valence-electron chi connectivity index (χ0n) is 13.9. The van der Waals surface area contributed by atoms with E-state index in [2.05, 4.69) is 10.1 Å². The number of esters is 1. The number of carbonyl (C=O) groups excluding carboxylic acids is 1. The van der Waals surface area contributed by atoms with Crippen molar-refractivity contribution in [3.8, 4) is 11.3 Å². The van der Waals surface area contributed by atoms with Gasteiger partial charge in [-0.15, -0.1) is 11.3 Å². The number of fused-ring (bicyclic) bond motifs is 1. The van der Waals surface area contributed by atoms with Crippen LogP contribution in [0.3, 0.4) is 0 Å². The number of thioether (sulfide) groups is 1. The topological polar surface area (TPSA) is 65.2 Å². The van der Waals surface area contributed by atoms with Gasteiger partial charge in [0.15, 0.2) is 10.1 Å². The minimum atomic E-state index is -0.356. The van der Waals surface area contributed by atoms with Crippen LogP contribution in [-0.2, 0) is 16.1 Å². The van der Waals surface area contributed by atoms with E-state index in [4.69, 9.17) is 9.26 Å². The Balaban J connectivity index is 1.29. The van der Waals surface area contributed by atoms with Gasteiger partial charge in [-0.05, 0) is 36.4 Å². The molecule has 0 N–H and O–H groups in total. The predicted octanol–water partition coefficient (Wildman–Crippen LogP) is 4.93. The molecule has 0 saturated heterocycles. The number of benzene rings is 2. The number of halogens is 1. The van der Waals surface area contributed by atoms with Gasteiger partial charge in [-0.2, -0.15) is 0 Å². The molecule has 0 saturated carbocycles. The normalized spacial score (nSPS) is 11.0. The fraction of sp³-hybridized carbons (Fsp3) is 0.105. The van der Waals surface area contributed by atoms with Crippen LogP contribution in [0.25, 0.3) is 21.5 Å². The highest BCUT2D eigenvalue weighted by Crippen LogP contribution is 2.29. The third kappa shape index (κ3) is 4.35. The van der Waals surface area contributed by atoms with Crippen LogP contribution in [0.1, 0.15) is 5.69 Å². The highest BCUT2D eigenvalue weighted by Gasteiger charge is 2.11. The molecule has 0 spiro atoms. The lowest BCUT2D eigenvalue weighted by atomic mass is 10.1. The first-order valence-corrected chi connectivity index (χ1v) is 9.83. The van der Waals surface area contributed by atoms with Gasteiger partial charge in [0.25, 0.3) is 0 Å². The minimum absolute atomic E-state index is 0.0178. The van der Waals surface area contributed by atoms with Crippen molar-refractivity contribution in [2.75, 3.05) is 5.75 Å². The lowest BCUT2D eigenvalue weighted by molar-refractivity contribution is -0.141. The quantitative estimate of drug-likeness (QED) is 0.338. The van der Waals surface area contributed by atoms with Gasteiger partial charge in [0.2, 0.25) is 0 Å². The summed E-state index contributed by atoms with van der Waals surface area (Å²) in [4.78, 5) is 16.4. The molecule has 0 fully saturated rings. The van der Waals surface area contributed by atoms with Crippen molar-refractivity contribution in [3.05, 3.63) is 66.1 Å². The molecule has 0 radical (unpaired) electrons. The Morgan fingerprint density at radius 1 is 1.19 bits per heavy atom. The summed E-state index contributed by atoms with van der Waals surface area (Å²) in [7, 11) is 0. The molecule has 0 bridgehead atoms. The van der Waals surface area contributed by atoms with E-state index in [1.165, 1.54) is 23.9 Å². The third-order valence-electron chi connectivity index (χ3n) is 3.66. The second kappa shape index (κ2) is 7.89. The molecular weight excluding hydrogens is 387 g/mol. The van der Waals surface area contributed by atoms with E-state index < -0.39 is 0 Å². The number of rotatable bonds is 6. The number of hydrogen-bond donors (Lipinski definition) is 0. The average molecular weight is 400 g/mol. The Hall–Kier alpha value is -2.71. The number of ether oxygens (including phenoxy) is 1. The van der Waals surface area contributed by atoms with Crippen molar-refractivity contribution in [3.63, 3.8) is 0 Å². The Morgan fingerprint density at radius 3 is 2.81 bits per heavy atom. The number of carbonyl (C=O) groups is 1. The highest BCUT2D eigenvalue weighted by atomic mass is 32.2. The van der Waals surface area contributed by atoms with E-state index in [1.807, 2.05) is 24.3 Å². The molecular formula is C19H13FN2O3S2. The summed E-state index contributed by atoms with van der Waals surface area (Å²) < 4.78 is 25.3. The average Bonchev–Trinajstić information content (AvgIpc) is 3.32. The molecule has 0 aliphatic rings. The summed E-state index contributed by atoms with van der Waals surface area (Å²) in [5, 5.41) is 3.87. The van der Waals surface area contributed by atoms with Crippen LogP contribution in [0.4, 0.5) is 4.39 Å². The van der Waals surface area contributed by atoms with Crippen LogP contribution in [0.15, 0.2) is 63.5 Å². The Kier molecular flexibility index (Phi) is 5.17. The van der Waals surface area contributed by atoms with Gasteiger partial charge in [-0.1, -0.05) is 29.1 Å². The number of aromatic nitrogens is 2. The molecule has 136 valence electrons. The molecule has 0 aliphatic heterocycles. The molecule has 0 unspecified atom stereocenters. The molecule has 2 aromatic carbocycles. The van der Waals surface area contributed by atoms with Crippen molar-refractivity contribution in [2.24, 2.45) is 0 Å². The van der Waals surface area contributed by atoms with E-state index in [0.717, 1.165) is 14.6 Å². The molecule has 2 aromatic heterocycles. The van der Waals surface area contributed by atoms with Gasteiger partial charge >= 0.3 is 5.97 Å². The van der Waals surface area contributed by atoms with Crippen LogP contribution in [0.2, 0.25) is 0 Å². The summed E-state index contributed by atoms with van der Waals surface area (Å²) in [5.74, 6) is -0.0174.